The first-order valence-corrected chi connectivity index (χ1v) is 2.78. The number of carboxylic acid groups (broad SMARTS) is 1. The van der Waals surface area contributed by atoms with Gasteiger partial charge in [-0.05, 0) is 7.05 Å². The lowest BCUT2D eigenvalue weighted by Gasteiger charge is -2.05. The summed E-state index contributed by atoms with van der Waals surface area (Å²) >= 11 is 0. The highest BCUT2D eigenvalue weighted by Crippen LogP contribution is 1.83. The van der Waals surface area contributed by atoms with Gasteiger partial charge in [0, 0.05) is 12.6 Å². The van der Waals surface area contributed by atoms with E-state index in [1.165, 1.54) is 0 Å². The Morgan fingerprint density at radius 3 is 2.78 bits per heavy atom. The molecule has 4 N–H and O–H groups in total. The summed E-state index contributed by atoms with van der Waals surface area (Å²) in [7, 11) is 1.74. The minimum Gasteiger partial charge on any atom is -0.481 e. The van der Waals surface area contributed by atoms with Crippen LogP contribution in [-0.2, 0) is 4.79 Å². The molecule has 0 saturated carbocycles. The first-order chi connectivity index (χ1) is 4.16. The predicted octanol–water partition coefficient (Wildman–Crippen LogP) is -0.992. The molecule has 0 aromatic heterocycles. The van der Waals surface area contributed by atoms with Crippen molar-refractivity contribution in [3.8, 4) is 0 Å². The molecule has 0 bridgehead atoms. The highest BCUT2D eigenvalue weighted by molar-refractivity contribution is 5.67. The number of hydrogen-bond donors (Lipinski definition) is 3. The molecule has 4 nitrogen and oxygen atoms in total. The average Bonchev–Trinajstić information content (AvgIpc) is 1.63. The van der Waals surface area contributed by atoms with E-state index in [2.05, 4.69) is 5.32 Å². The molecule has 0 spiro atoms. The van der Waals surface area contributed by atoms with E-state index >= 15 is 0 Å². The van der Waals surface area contributed by atoms with Crippen molar-refractivity contribution in [2.24, 2.45) is 5.73 Å². The van der Waals surface area contributed by atoms with E-state index in [0.29, 0.717) is 6.54 Å². The maximum absolute atomic E-state index is 9.98. The fourth-order valence-corrected chi connectivity index (χ4v) is 0.559. The number of rotatable bonds is 4. The molecule has 4 heteroatoms. The fourth-order valence-electron chi connectivity index (χ4n) is 0.559. The van der Waals surface area contributed by atoms with Gasteiger partial charge in [0.25, 0.3) is 0 Å². The van der Waals surface area contributed by atoms with E-state index in [9.17, 15) is 4.79 Å². The topological polar surface area (TPSA) is 75.3 Å². The average molecular weight is 132 g/mol. The van der Waals surface area contributed by atoms with Gasteiger partial charge in [-0.1, -0.05) is 0 Å². The summed E-state index contributed by atoms with van der Waals surface area (Å²) in [5.41, 5.74) is 5.34. The zero-order valence-corrected chi connectivity index (χ0v) is 5.42. The first kappa shape index (κ1) is 8.39. The normalized spacial score (nSPS) is 13.1. The summed E-state index contributed by atoms with van der Waals surface area (Å²) in [6.45, 7) is 0.548. The molecule has 0 aliphatic carbocycles. The summed E-state index contributed by atoms with van der Waals surface area (Å²) in [5, 5.41) is 11.0. The third-order valence-corrected chi connectivity index (χ3v) is 0.903. The Kier molecular flexibility index (Phi) is 4.00. The lowest BCUT2D eigenvalue weighted by atomic mass is 10.2. The van der Waals surface area contributed by atoms with Gasteiger partial charge < -0.3 is 16.2 Å². The van der Waals surface area contributed by atoms with Gasteiger partial charge in [-0.15, -0.1) is 0 Å². The van der Waals surface area contributed by atoms with Crippen molar-refractivity contribution in [3.05, 3.63) is 0 Å². The van der Waals surface area contributed by atoms with Crippen LogP contribution in [0.4, 0.5) is 0 Å². The van der Waals surface area contributed by atoms with Gasteiger partial charge in [0.1, 0.15) is 0 Å². The maximum Gasteiger partial charge on any atom is 0.304 e. The second kappa shape index (κ2) is 4.29. The molecule has 0 radical (unpaired) electrons. The highest BCUT2D eigenvalue weighted by Gasteiger charge is 2.04. The van der Waals surface area contributed by atoms with Crippen LogP contribution in [0.15, 0.2) is 0 Å². The van der Waals surface area contributed by atoms with Crippen LogP contribution in [0.3, 0.4) is 0 Å². The molecule has 1 atom stereocenters. The Balaban J connectivity index is 3.26. The number of hydrogen-bond acceptors (Lipinski definition) is 3. The minimum absolute atomic E-state index is 0.0286. The van der Waals surface area contributed by atoms with Crippen LogP contribution in [-0.4, -0.2) is 30.7 Å². The van der Waals surface area contributed by atoms with Crippen molar-refractivity contribution in [2.75, 3.05) is 13.6 Å². The molecule has 0 heterocycles. The number of likely N-dealkylation sites (N-methyl/N-ethyl adjacent to an activating group) is 1. The van der Waals surface area contributed by atoms with E-state index in [-0.39, 0.29) is 12.5 Å². The van der Waals surface area contributed by atoms with Crippen LogP contribution in [0.25, 0.3) is 0 Å². The number of carboxylic acids is 1. The van der Waals surface area contributed by atoms with Crippen molar-refractivity contribution in [2.45, 2.75) is 12.5 Å². The third kappa shape index (κ3) is 5.26. The first-order valence-electron chi connectivity index (χ1n) is 2.78. The Morgan fingerprint density at radius 2 is 2.44 bits per heavy atom. The summed E-state index contributed by atoms with van der Waals surface area (Å²) in [6, 6.07) is -0.271. The summed E-state index contributed by atoms with van der Waals surface area (Å²) in [5.74, 6) is -0.849. The van der Waals surface area contributed by atoms with Crippen molar-refractivity contribution in [1.82, 2.24) is 5.32 Å². The molecule has 0 amide bonds. The van der Waals surface area contributed by atoms with Crippen LogP contribution < -0.4 is 11.1 Å². The van der Waals surface area contributed by atoms with E-state index in [4.69, 9.17) is 10.8 Å². The van der Waals surface area contributed by atoms with Gasteiger partial charge in [0.15, 0.2) is 0 Å². The SMILES string of the molecule is CNC[C@H](N)CC(=O)O. The number of nitrogens with one attached hydrogen (secondary N) is 1. The Labute approximate surface area is 54.0 Å². The van der Waals surface area contributed by atoms with Gasteiger partial charge in [-0.3, -0.25) is 4.79 Å². The van der Waals surface area contributed by atoms with E-state index in [1.807, 2.05) is 0 Å². The van der Waals surface area contributed by atoms with Crippen molar-refractivity contribution in [3.63, 3.8) is 0 Å². The van der Waals surface area contributed by atoms with Gasteiger partial charge in [0.2, 0.25) is 0 Å². The highest BCUT2D eigenvalue weighted by atomic mass is 16.4. The van der Waals surface area contributed by atoms with Gasteiger partial charge in [-0.2, -0.15) is 0 Å². The number of carbonyl (C=O) groups is 1. The molecule has 54 valence electrons. The zero-order chi connectivity index (χ0) is 7.28. The van der Waals surface area contributed by atoms with Crippen LogP contribution >= 0.6 is 0 Å². The summed E-state index contributed by atoms with van der Waals surface area (Å²) in [6.07, 6.45) is 0.0286. The maximum atomic E-state index is 9.98. The standard InChI is InChI=1S/C5H12N2O2/c1-7-3-4(6)2-5(8)9/h4,7H,2-3,6H2,1H3,(H,8,9)/t4-/m1/s1. The molecule has 0 rings (SSSR count). The molecule has 0 aliphatic rings. The lowest BCUT2D eigenvalue weighted by Crippen LogP contribution is -2.33. The molecule has 0 fully saturated rings. The summed E-state index contributed by atoms with van der Waals surface area (Å²) < 4.78 is 0. The van der Waals surface area contributed by atoms with Gasteiger partial charge in [-0.25, -0.2) is 0 Å². The number of nitrogens with two attached hydrogens (primary N) is 1. The molecule has 9 heavy (non-hydrogen) atoms. The molecular formula is C5H12N2O2. The molecule has 0 unspecified atom stereocenters. The van der Waals surface area contributed by atoms with E-state index in [0.717, 1.165) is 0 Å². The Bertz CT molecular complexity index is 95.0. The van der Waals surface area contributed by atoms with Crippen LogP contribution in [0.5, 0.6) is 0 Å². The number of aliphatic carboxylic acids is 1. The van der Waals surface area contributed by atoms with Crippen LogP contribution in [0.1, 0.15) is 6.42 Å². The molecule has 0 aromatic carbocycles. The molecule has 0 saturated heterocycles. The van der Waals surface area contributed by atoms with E-state index < -0.39 is 5.97 Å². The largest absolute Gasteiger partial charge is 0.481 e. The van der Waals surface area contributed by atoms with Gasteiger partial charge >= 0.3 is 5.97 Å². The zero-order valence-electron chi connectivity index (χ0n) is 5.42. The van der Waals surface area contributed by atoms with Crippen LogP contribution in [0, 0.1) is 0 Å². The molecular weight excluding hydrogens is 120 g/mol. The van der Waals surface area contributed by atoms with E-state index in [1.54, 1.807) is 7.05 Å². The van der Waals surface area contributed by atoms with Crippen LogP contribution in [0.2, 0.25) is 0 Å². The monoisotopic (exact) mass is 132 g/mol. The fraction of sp³-hybridized carbons (Fsp3) is 0.800. The quantitative estimate of drug-likeness (QED) is 0.459. The smallest absolute Gasteiger partial charge is 0.304 e. The second-order valence-corrected chi connectivity index (χ2v) is 1.92. The minimum atomic E-state index is -0.849. The Morgan fingerprint density at radius 1 is 1.89 bits per heavy atom. The molecule has 0 aromatic rings. The predicted molar refractivity (Wildman–Crippen MR) is 34.2 cm³/mol. The van der Waals surface area contributed by atoms with Crippen molar-refractivity contribution >= 4 is 5.97 Å². The molecule has 0 aliphatic heterocycles. The third-order valence-electron chi connectivity index (χ3n) is 0.903. The van der Waals surface area contributed by atoms with Crippen molar-refractivity contribution in [1.29, 1.82) is 0 Å². The Hall–Kier alpha value is -0.610. The van der Waals surface area contributed by atoms with Gasteiger partial charge in [0.05, 0.1) is 6.42 Å². The van der Waals surface area contributed by atoms with Crippen molar-refractivity contribution < 1.29 is 9.90 Å². The summed E-state index contributed by atoms with van der Waals surface area (Å²) in [4.78, 5) is 9.98. The lowest BCUT2D eigenvalue weighted by molar-refractivity contribution is -0.137. The second-order valence-electron chi connectivity index (χ2n) is 1.92.